The summed E-state index contributed by atoms with van der Waals surface area (Å²) in [5.74, 6) is -0.101. The first-order valence-electron chi connectivity index (χ1n) is 5.48. The van der Waals surface area contributed by atoms with E-state index < -0.39 is 18.3 Å². The number of aliphatic hydroxyl groups is 1. The third-order valence-electron chi connectivity index (χ3n) is 2.43. The van der Waals surface area contributed by atoms with Crippen molar-refractivity contribution in [3.8, 4) is 0 Å². The SMILES string of the molecule is CC(C)C(OOC(N)=O)C(O)c1ccccc1Cl. The van der Waals surface area contributed by atoms with Gasteiger partial charge in [-0.3, -0.25) is 4.89 Å². The molecule has 1 amide bonds. The molecule has 3 N–H and O–H groups in total. The van der Waals surface area contributed by atoms with Crippen molar-refractivity contribution in [1.29, 1.82) is 0 Å². The van der Waals surface area contributed by atoms with Crippen LogP contribution in [0.5, 0.6) is 0 Å². The molecule has 0 heterocycles. The fraction of sp³-hybridized carbons (Fsp3) is 0.417. The second kappa shape index (κ2) is 6.58. The molecule has 1 aromatic carbocycles. The first kappa shape index (κ1) is 14.8. The van der Waals surface area contributed by atoms with Gasteiger partial charge in [-0.25, -0.2) is 4.79 Å². The Morgan fingerprint density at radius 3 is 2.50 bits per heavy atom. The smallest absolute Gasteiger partial charge is 0.385 e. The summed E-state index contributed by atoms with van der Waals surface area (Å²) in [4.78, 5) is 19.7. The Labute approximate surface area is 110 Å². The number of primary amides is 1. The summed E-state index contributed by atoms with van der Waals surface area (Å²) in [6.07, 6.45) is -2.83. The van der Waals surface area contributed by atoms with Gasteiger partial charge in [0.15, 0.2) is 0 Å². The second-order valence-electron chi connectivity index (χ2n) is 4.17. The Bertz CT molecular complexity index is 411. The Morgan fingerprint density at radius 2 is 2.00 bits per heavy atom. The first-order chi connectivity index (χ1) is 8.43. The molecule has 1 rings (SSSR count). The van der Waals surface area contributed by atoms with Crippen molar-refractivity contribution >= 4 is 17.7 Å². The van der Waals surface area contributed by atoms with Gasteiger partial charge in [0.1, 0.15) is 12.2 Å². The van der Waals surface area contributed by atoms with Crippen LogP contribution in [0.25, 0.3) is 0 Å². The molecular formula is C12H16ClNO4. The second-order valence-corrected chi connectivity index (χ2v) is 4.58. The van der Waals surface area contributed by atoms with Gasteiger partial charge < -0.3 is 10.8 Å². The molecule has 2 atom stereocenters. The summed E-state index contributed by atoms with van der Waals surface area (Å²) in [5.41, 5.74) is 5.32. The molecule has 0 aliphatic carbocycles. The maximum absolute atomic E-state index is 10.5. The standard InChI is InChI=1S/C12H16ClNO4/c1-7(2)11(17-18-12(14)16)10(15)8-5-3-4-6-9(8)13/h3-7,10-11,15H,1-2H3,(H2,14,16). The third kappa shape index (κ3) is 3.87. The lowest BCUT2D eigenvalue weighted by molar-refractivity contribution is -0.299. The van der Waals surface area contributed by atoms with E-state index in [0.717, 1.165) is 0 Å². The van der Waals surface area contributed by atoms with E-state index in [1.54, 1.807) is 24.3 Å². The van der Waals surface area contributed by atoms with Gasteiger partial charge in [0.25, 0.3) is 0 Å². The molecule has 18 heavy (non-hydrogen) atoms. The zero-order valence-corrected chi connectivity index (χ0v) is 10.9. The van der Waals surface area contributed by atoms with Gasteiger partial charge in [-0.05, 0) is 12.0 Å². The minimum absolute atomic E-state index is 0.101. The van der Waals surface area contributed by atoms with Crippen molar-refractivity contribution in [3.05, 3.63) is 34.9 Å². The Morgan fingerprint density at radius 1 is 1.39 bits per heavy atom. The number of halogens is 1. The molecule has 0 bridgehead atoms. The molecule has 5 nitrogen and oxygen atoms in total. The summed E-state index contributed by atoms with van der Waals surface area (Å²) in [7, 11) is 0. The van der Waals surface area contributed by atoms with Crippen LogP contribution in [0, 0.1) is 5.92 Å². The van der Waals surface area contributed by atoms with Gasteiger partial charge in [-0.1, -0.05) is 43.6 Å². The van der Waals surface area contributed by atoms with E-state index in [0.29, 0.717) is 10.6 Å². The number of hydrogen-bond donors (Lipinski definition) is 2. The highest BCUT2D eigenvalue weighted by atomic mass is 35.5. The van der Waals surface area contributed by atoms with E-state index >= 15 is 0 Å². The number of carbonyl (C=O) groups excluding carboxylic acids is 1. The van der Waals surface area contributed by atoms with Gasteiger partial charge in [-0.2, -0.15) is 4.89 Å². The zero-order valence-electron chi connectivity index (χ0n) is 10.2. The number of benzene rings is 1. The van der Waals surface area contributed by atoms with Crippen molar-refractivity contribution in [2.75, 3.05) is 0 Å². The van der Waals surface area contributed by atoms with E-state index in [1.807, 2.05) is 13.8 Å². The molecule has 0 aliphatic heterocycles. The molecule has 0 saturated heterocycles. The summed E-state index contributed by atoms with van der Waals surface area (Å²) in [6.45, 7) is 3.63. The fourth-order valence-electron chi connectivity index (χ4n) is 1.52. The highest BCUT2D eigenvalue weighted by Gasteiger charge is 2.28. The quantitative estimate of drug-likeness (QED) is 0.638. The molecule has 0 aliphatic rings. The van der Waals surface area contributed by atoms with Crippen LogP contribution < -0.4 is 5.73 Å². The Hall–Kier alpha value is -1.30. The highest BCUT2D eigenvalue weighted by Crippen LogP contribution is 2.29. The van der Waals surface area contributed by atoms with Gasteiger partial charge >= 0.3 is 6.09 Å². The molecule has 2 unspecified atom stereocenters. The average Bonchev–Trinajstić information content (AvgIpc) is 2.28. The molecule has 100 valence electrons. The molecular weight excluding hydrogens is 258 g/mol. The lowest BCUT2D eigenvalue weighted by Crippen LogP contribution is -2.30. The molecule has 0 spiro atoms. The maximum Gasteiger partial charge on any atom is 0.436 e. The molecule has 0 saturated carbocycles. The van der Waals surface area contributed by atoms with E-state index in [9.17, 15) is 9.90 Å². The Balaban J connectivity index is 2.86. The summed E-state index contributed by atoms with van der Waals surface area (Å²) < 4.78 is 0. The number of nitrogens with two attached hydrogens (primary N) is 1. The van der Waals surface area contributed by atoms with Gasteiger partial charge in [0.05, 0.1) is 0 Å². The van der Waals surface area contributed by atoms with Gasteiger partial charge in [-0.15, -0.1) is 0 Å². The number of rotatable bonds is 5. The van der Waals surface area contributed by atoms with E-state index in [1.165, 1.54) is 0 Å². The molecule has 0 aromatic heterocycles. The third-order valence-corrected chi connectivity index (χ3v) is 2.78. The number of aliphatic hydroxyl groups excluding tert-OH is 1. The molecule has 6 heteroatoms. The highest BCUT2D eigenvalue weighted by molar-refractivity contribution is 6.31. The van der Waals surface area contributed by atoms with Crippen molar-refractivity contribution in [3.63, 3.8) is 0 Å². The predicted octanol–water partition coefficient (Wildman–Crippen LogP) is 2.42. The van der Waals surface area contributed by atoms with Crippen LogP contribution in [-0.4, -0.2) is 17.3 Å². The van der Waals surface area contributed by atoms with Crippen LogP contribution in [0.15, 0.2) is 24.3 Å². The normalized spacial score (nSPS) is 14.3. The number of amides is 1. The van der Waals surface area contributed by atoms with E-state index in [4.69, 9.17) is 22.2 Å². The van der Waals surface area contributed by atoms with Crippen molar-refractivity contribution in [2.24, 2.45) is 11.7 Å². The minimum atomic E-state index is -1.06. The van der Waals surface area contributed by atoms with Gasteiger partial charge in [0, 0.05) is 10.6 Å². The Kier molecular flexibility index (Phi) is 5.40. The van der Waals surface area contributed by atoms with E-state index in [-0.39, 0.29) is 5.92 Å². The van der Waals surface area contributed by atoms with Crippen LogP contribution >= 0.6 is 11.6 Å². The van der Waals surface area contributed by atoms with Crippen molar-refractivity contribution in [2.45, 2.75) is 26.1 Å². The van der Waals surface area contributed by atoms with Crippen LogP contribution in [0.4, 0.5) is 4.79 Å². The lowest BCUT2D eigenvalue weighted by Gasteiger charge is -2.25. The topological polar surface area (TPSA) is 81.8 Å². The predicted molar refractivity (Wildman–Crippen MR) is 66.8 cm³/mol. The number of carbonyl (C=O) groups is 1. The zero-order chi connectivity index (χ0) is 13.7. The minimum Gasteiger partial charge on any atom is -0.385 e. The summed E-state index contributed by atoms with van der Waals surface area (Å²) in [5, 5.41) is 10.6. The molecule has 1 aromatic rings. The maximum atomic E-state index is 10.5. The summed E-state index contributed by atoms with van der Waals surface area (Å²) >= 11 is 5.98. The largest absolute Gasteiger partial charge is 0.436 e. The average molecular weight is 274 g/mol. The van der Waals surface area contributed by atoms with Crippen LogP contribution in [0.2, 0.25) is 5.02 Å². The lowest BCUT2D eigenvalue weighted by atomic mass is 9.96. The molecule has 0 radical (unpaired) electrons. The summed E-state index contributed by atoms with van der Waals surface area (Å²) in [6, 6.07) is 6.84. The van der Waals surface area contributed by atoms with Crippen LogP contribution in [0.1, 0.15) is 25.5 Å². The fourth-order valence-corrected chi connectivity index (χ4v) is 1.77. The number of hydrogen-bond acceptors (Lipinski definition) is 4. The van der Waals surface area contributed by atoms with Crippen LogP contribution in [-0.2, 0) is 9.78 Å². The van der Waals surface area contributed by atoms with E-state index in [2.05, 4.69) is 4.89 Å². The van der Waals surface area contributed by atoms with Crippen molar-refractivity contribution < 1.29 is 19.7 Å². The van der Waals surface area contributed by atoms with Gasteiger partial charge in [0.2, 0.25) is 0 Å². The first-order valence-corrected chi connectivity index (χ1v) is 5.86. The molecule has 0 fully saturated rings. The monoisotopic (exact) mass is 273 g/mol. The van der Waals surface area contributed by atoms with Crippen LogP contribution in [0.3, 0.4) is 0 Å². The van der Waals surface area contributed by atoms with Crippen molar-refractivity contribution in [1.82, 2.24) is 0 Å².